The summed E-state index contributed by atoms with van der Waals surface area (Å²) in [5.74, 6) is 1.59. The number of ether oxygens (including phenoxy) is 2. The smallest absolute Gasteiger partial charge is 0.119 e. The van der Waals surface area contributed by atoms with Crippen LogP contribution in [-0.4, -0.2) is 20.4 Å². The Hall–Kier alpha value is -5.87. The second-order valence-electron chi connectivity index (χ2n) is 11.5. The summed E-state index contributed by atoms with van der Waals surface area (Å²) < 4.78 is 10.7. The van der Waals surface area contributed by atoms with E-state index in [1.807, 2.05) is 59.8 Å². The van der Waals surface area contributed by atoms with Crippen molar-refractivity contribution in [1.29, 1.82) is 0 Å². The summed E-state index contributed by atoms with van der Waals surface area (Å²) in [4.78, 5) is 0. The van der Waals surface area contributed by atoms with Crippen molar-refractivity contribution in [1.82, 2.24) is 0 Å². The van der Waals surface area contributed by atoms with E-state index >= 15 is 0 Å². The highest BCUT2D eigenvalue weighted by atomic mass is 16.5. The quantitative estimate of drug-likeness (QED) is 0.0875. The lowest BCUT2D eigenvalue weighted by Gasteiger charge is -2.20. The van der Waals surface area contributed by atoms with Crippen LogP contribution in [0, 0.1) is 13.8 Å². The van der Waals surface area contributed by atoms with Crippen LogP contribution < -0.4 is 14.5 Å². The SMILES string of the molecule is COc1ccc(N(/N=C/c2ccc(-c3ccc(C=C(c4ccc(C)cc4)c4ccc(C)cc4)cc3)cc2)c2ccc(OC)cc2)cc1. The minimum absolute atomic E-state index is 0.796. The third-order valence-corrected chi connectivity index (χ3v) is 8.15. The molecule has 0 heterocycles. The van der Waals surface area contributed by atoms with Gasteiger partial charge in [0.15, 0.2) is 0 Å². The highest BCUT2D eigenvalue weighted by Gasteiger charge is 2.10. The van der Waals surface area contributed by atoms with Gasteiger partial charge in [-0.3, -0.25) is 0 Å². The van der Waals surface area contributed by atoms with Crippen molar-refractivity contribution in [3.05, 3.63) is 179 Å². The summed E-state index contributed by atoms with van der Waals surface area (Å²) in [6.45, 7) is 4.24. The van der Waals surface area contributed by atoms with Crippen molar-refractivity contribution in [3.63, 3.8) is 0 Å². The molecule has 0 bridgehead atoms. The van der Waals surface area contributed by atoms with Crippen molar-refractivity contribution >= 4 is 29.2 Å². The van der Waals surface area contributed by atoms with E-state index in [9.17, 15) is 0 Å². The molecule has 0 N–H and O–H groups in total. The third-order valence-electron chi connectivity index (χ3n) is 8.15. The van der Waals surface area contributed by atoms with Crippen LogP contribution in [0.4, 0.5) is 11.4 Å². The molecule has 0 aliphatic rings. The van der Waals surface area contributed by atoms with Gasteiger partial charge in [-0.05, 0) is 107 Å². The van der Waals surface area contributed by atoms with Crippen LogP contribution in [0.5, 0.6) is 11.5 Å². The Labute approximate surface area is 277 Å². The molecule has 0 aromatic heterocycles. The zero-order chi connectivity index (χ0) is 32.6. The van der Waals surface area contributed by atoms with Gasteiger partial charge in [-0.2, -0.15) is 5.10 Å². The van der Waals surface area contributed by atoms with Crippen LogP contribution in [0.2, 0.25) is 0 Å². The highest BCUT2D eigenvalue weighted by molar-refractivity contribution is 5.92. The molecule has 0 spiro atoms. The van der Waals surface area contributed by atoms with E-state index in [1.54, 1.807) is 14.2 Å². The molecule has 0 aliphatic carbocycles. The van der Waals surface area contributed by atoms with Gasteiger partial charge >= 0.3 is 0 Å². The van der Waals surface area contributed by atoms with Gasteiger partial charge < -0.3 is 9.47 Å². The van der Waals surface area contributed by atoms with E-state index in [2.05, 4.69) is 117 Å². The van der Waals surface area contributed by atoms with Crippen LogP contribution >= 0.6 is 0 Å². The van der Waals surface area contributed by atoms with Gasteiger partial charge in [-0.25, -0.2) is 5.01 Å². The number of hydrogen-bond acceptors (Lipinski definition) is 4. The second-order valence-corrected chi connectivity index (χ2v) is 11.5. The number of hydrogen-bond donors (Lipinski definition) is 0. The van der Waals surface area contributed by atoms with Crippen molar-refractivity contribution in [3.8, 4) is 22.6 Å². The molecule has 0 fully saturated rings. The molecule has 0 saturated carbocycles. The third kappa shape index (κ3) is 7.69. The normalized spacial score (nSPS) is 10.9. The maximum atomic E-state index is 5.35. The van der Waals surface area contributed by atoms with E-state index in [1.165, 1.54) is 27.8 Å². The Morgan fingerprint density at radius 2 is 0.894 bits per heavy atom. The van der Waals surface area contributed by atoms with Crippen LogP contribution in [0.3, 0.4) is 0 Å². The zero-order valence-electron chi connectivity index (χ0n) is 27.2. The molecule has 47 heavy (non-hydrogen) atoms. The summed E-state index contributed by atoms with van der Waals surface area (Å²) in [6, 6.07) is 50.4. The molecular weight excluding hydrogens is 576 g/mol. The molecule has 4 nitrogen and oxygen atoms in total. The first kappa shape index (κ1) is 31.1. The van der Waals surface area contributed by atoms with E-state index in [0.717, 1.165) is 45.1 Å². The summed E-state index contributed by atoms with van der Waals surface area (Å²) in [5, 5.41) is 6.77. The van der Waals surface area contributed by atoms with Crippen molar-refractivity contribution < 1.29 is 9.47 Å². The van der Waals surface area contributed by atoms with E-state index < -0.39 is 0 Å². The predicted molar refractivity (Wildman–Crippen MR) is 197 cm³/mol. The fraction of sp³-hybridized carbons (Fsp3) is 0.0930. The fourth-order valence-electron chi connectivity index (χ4n) is 5.35. The minimum Gasteiger partial charge on any atom is -0.497 e. The monoisotopic (exact) mass is 614 g/mol. The number of nitrogens with zero attached hydrogens (tertiary/aromatic N) is 2. The topological polar surface area (TPSA) is 34.1 Å². The lowest BCUT2D eigenvalue weighted by Crippen LogP contribution is -2.09. The summed E-state index contributed by atoms with van der Waals surface area (Å²) in [5.41, 5.74) is 12.4. The van der Waals surface area contributed by atoms with E-state index in [-0.39, 0.29) is 0 Å². The number of hydrazone groups is 1. The number of aryl methyl sites for hydroxylation is 2. The average molecular weight is 615 g/mol. The maximum Gasteiger partial charge on any atom is 0.119 e. The molecule has 0 saturated heterocycles. The Bertz CT molecular complexity index is 1860. The lowest BCUT2D eigenvalue weighted by atomic mass is 9.94. The summed E-state index contributed by atoms with van der Waals surface area (Å²) in [7, 11) is 3.33. The molecule has 6 aromatic carbocycles. The first-order valence-electron chi connectivity index (χ1n) is 15.7. The average Bonchev–Trinajstić information content (AvgIpc) is 3.13. The second kappa shape index (κ2) is 14.5. The van der Waals surface area contributed by atoms with Gasteiger partial charge in [0, 0.05) is 0 Å². The first-order valence-corrected chi connectivity index (χ1v) is 15.7. The minimum atomic E-state index is 0.796. The Morgan fingerprint density at radius 1 is 0.489 bits per heavy atom. The maximum absolute atomic E-state index is 5.35. The van der Waals surface area contributed by atoms with Gasteiger partial charge in [0.2, 0.25) is 0 Å². The molecule has 0 amide bonds. The van der Waals surface area contributed by atoms with Crippen LogP contribution in [-0.2, 0) is 0 Å². The fourth-order valence-corrected chi connectivity index (χ4v) is 5.35. The lowest BCUT2D eigenvalue weighted by molar-refractivity contribution is 0.415. The van der Waals surface area contributed by atoms with Gasteiger partial charge in [-0.1, -0.05) is 108 Å². The molecule has 0 unspecified atom stereocenters. The standard InChI is InChI=1S/C43H38N2O2/c1-31-5-13-37(14-6-31)43(38-15-7-32(2)8-16-38)29-33-9-17-35(18-10-33)36-19-11-34(12-20-36)30-44-45(39-21-25-41(46-3)26-22-39)40-23-27-42(47-4)28-24-40/h5-30H,1-4H3/b44-30+. The largest absolute Gasteiger partial charge is 0.497 e. The zero-order valence-corrected chi connectivity index (χ0v) is 27.2. The molecule has 6 rings (SSSR count). The van der Waals surface area contributed by atoms with Crippen LogP contribution in [0.25, 0.3) is 22.8 Å². The van der Waals surface area contributed by atoms with Gasteiger partial charge in [0.05, 0.1) is 31.8 Å². The van der Waals surface area contributed by atoms with E-state index in [0.29, 0.717) is 0 Å². The molecule has 0 aliphatic heterocycles. The Kier molecular flexibility index (Phi) is 9.59. The summed E-state index contributed by atoms with van der Waals surface area (Å²) in [6.07, 6.45) is 4.15. The molecule has 4 heteroatoms. The molecule has 0 radical (unpaired) electrons. The van der Waals surface area contributed by atoms with E-state index in [4.69, 9.17) is 14.6 Å². The highest BCUT2D eigenvalue weighted by Crippen LogP contribution is 2.30. The molecule has 232 valence electrons. The predicted octanol–water partition coefficient (Wildman–Crippen LogP) is 10.7. The Morgan fingerprint density at radius 3 is 1.30 bits per heavy atom. The molecule has 6 aromatic rings. The van der Waals surface area contributed by atoms with Crippen LogP contribution in [0.1, 0.15) is 33.4 Å². The van der Waals surface area contributed by atoms with Gasteiger partial charge in [0.25, 0.3) is 0 Å². The number of anilines is 2. The van der Waals surface area contributed by atoms with Gasteiger partial charge in [0.1, 0.15) is 11.5 Å². The number of methoxy groups -OCH3 is 2. The van der Waals surface area contributed by atoms with Crippen molar-refractivity contribution in [2.75, 3.05) is 19.2 Å². The van der Waals surface area contributed by atoms with Crippen LogP contribution in [0.15, 0.2) is 151 Å². The number of rotatable bonds is 10. The number of benzene rings is 6. The van der Waals surface area contributed by atoms with Gasteiger partial charge in [-0.15, -0.1) is 0 Å². The molecular formula is C43H38N2O2. The Balaban J connectivity index is 1.23. The summed E-state index contributed by atoms with van der Waals surface area (Å²) >= 11 is 0. The molecule has 0 atom stereocenters. The first-order chi connectivity index (χ1) is 23.0. The van der Waals surface area contributed by atoms with Crippen molar-refractivity contribution in [2.45, 2.75) is 13.8 Å². The van der Waals surface area contributed by atoms with Crippen molar-refractivity contribution in [2.24, 2.45) is 5.10 Å².